The Morgan fingerprint density at radius 3 is 2.42 bits per heavy atom. The number of benzene rings is 1. The van der Waals surface area contributed by atoms with Gasteiger partial charge in [0.2, 0.25) is 0 Å². The quantitative estimate of drug-likeness (QED) is 0.409. The topological polar surface area (TPSA) is 80.8 Å². The second-order valence-corrected chi connectivity index (χ2v) is 13.9. The lowest BCUT2D eigenvalue weighted by molar-refractivity contribution is -0.137. The summed E-state index contributed by atoms with van der Waals surface area (Å²) in [4.78, 5) is 15.0. The number of aliphatic hydroxyl groups excluding tert-OH is 1. The number of aliphatic hydroxyl groups is 1. The Hall–Kier alpha value is -2.30. The van der Waals surface area contributed by atoms with Crippen LogP contribution in [0.1, 0.15) is 39.4 Å². The van der Waals surface area contributed by atoms with Crippen LogP contribution in [0.25, 0.3) is 0 Å². The lowest BCUT2D eigenvalue weighted by Crippen LogP contribution is -2.25. The van der Waals surface area contributed by atoms with Gasteiger partial charge in [0.05, 0.1) is 31.0 Å². The maximum absolute atomic E-state index is 13.1. The van der Waals surface area contributed by atoms with E-state index >= 15 is 0 Å². The van der Waals surface area contributed by atoms with Crippen LogP contribution in [0.15, 0.2) is 30.5 Å². The molecule has 0 saturated heterocycles. The fraction of sp³-hybridized carbons (Fsp3) is 0.476. The van der Waals surface area contributed by atoms with Gasteiger partial charge in [-0.2, -0.15) is 13.2 Å². The monoisotopic (exact) mass is 459 g/mol. The van der Waals surface area contributed by atoms with Crippen molar-refractivity contribution in [2.45, 2.75) is 44.1 Å². The van der Waals surface area contributed by atoms with Crippen LogP contribution in [0, 0.1) is 0 Å². The molecule has 0 aliphatic rings. The Balaban J connectivity index is 2.46. The lowest BCUT2D eigenvalue weighted by Gasteiger charge is -2.27. The molecule has 0 fully saturated rings. The minimum absolute atomic E-state index is 0.110. The summed E-state index contributed by atoms with van der Waals surface area (Å²) in [6, 6.07) is 5.13. The third-order valence-electron chi connectivity index (χ3n) is 4.78. The molecule has 2 rings (SSSR count). The first-order valence-corrected chi connectivity index (χ1v) is 13.4. The summed E-state index contributed by atoms with van der Waals surface area (Å²) >= 11 is 0. The summed E-state index contributed by atoms with van der Waals surface area (Å²) in [6.07, 6.45) is -5.50. The Labute approximate surface area is 180 Å². The van der Waals surface area contributed by atoms with Crippen LogP contribution in [0.5, 0.6) is 5.75 Å². The highest BCUT2D eigenvalue weighted by Crippen LogP contribution is 2.40. The van der Waals surface area contributed by atoms with Crippen molar-refractivity contribution in [3.63, 3.8) is 0 Å². The van der Waals surface area contributed by atoms with E-state index in [-0.39, 0.29) is 22.6 Å². The van der Waals surface area contributed by atoms with Crippen LogP contribution in [-0.4, -0.2) is 45.0 Å². The van der Waals surface area contributed by atoms with Gasteiger partial charge >= 0.3 is 12.1 Å². The molecule has 2 aromatic rings. The predicted molar refractivity (Wildman–Crippen MR) is 112 cm³/mol. The van der Waals surface area contributed by atoms with E-state index in [0.717, 1.165) is 24.2 Å². The van der Waals surface area contributed by atoms with Gasteiger partial charge in [-0.05, 0) is 24.2 Å². The minimum atomic E-state index is -4.55. The molecular weight excluding hydrogens is 431 g/mol. The van der Waals surface area contributed by atoms with Crippen molar-refractivity contribution < 1.29 is 37.3 Å². The van der Waals surface area contributed by atoms with Gasteiger partial charge in [0.15, 0.2) is 0 Å². The molecule has 0 spiro atoms. The number of alkyl halides is 3. The van der Waals surface area contributed by atoms with E-state index in [4.69, 9.17) is 14.2 Å². The van der Waals surface area contributed by atoms with Crippen LogP contribution < -0.4 is 4.74 Å². The Kier molecular flexibility index (Phi) is 7.96. The Bertz CT molecular complexity index is 892. The highest BCUT2D eigenvalue weighted by molar-refractivity contribution is 6.76. The standard InChI is InChI=1S/C21H28F3NO5Si/c1-28-16-12-13(21(22,23)24)6-7-14(16)18(26)19(30-10-11-31(3,4)5)17-15(8-9-25-17)20(27)29-2/h6-9,12,18-19,25-26H,10-11H2,1-5H3/t18-,19?/m0/s1. The van der Waals surface area contributed by atoms with Gasteiger partial charge in [-0.15, -0.1) is 0 Å². The number of methoxy groups -OCH3 is 2. The number of ether oxygens (including phenoxy) is 3. The molecule has 1 heterocycles. The second-order valence-electron chi connectivity index (χ2n) is 8.30. The number of halogens is 3. The summed E-state index contributed by atoms with van der Waals surface area (Å²) in [5.74, 6) is -0.756. The molecule has 1 unspecified atom stereocenters. The van der Waals surface area contributed by atoms with Gasteiger partial charge in [-0.3, -0.25) is 0 Å². The maximum Gasteiger partial charge on any atom is 0.416 e. The van der Waals surface area contributed by atoms with Gasteiger partial charge in [0.25, 0.3) is 0 Å². The average Bonchev–Trinajstić information content (AvgIpc) is 3.17. The number of hydrogen-bond acceptors (Lipinski definition) is 5. The average molecular weight is 460 g/mol. The van der Waals surface area contributed by atoms with E-state index in [2.05, 4.69) is 24.6 Å². The van der Waals surface area contributed by atoms with Crippen molar-refractivity contribution in [3.05, 3.63) is 52.8 Å². The SMILES string of the molecule is COC(=O)c1cc[nH]c1C(OCC[Si](C)(C)C)[C@@H](O)c1ccc(C(F)(F)F)cc1OC. The highest BCUT2D eigenvalue weighted by Gasteiger charge is 2.35. The third-order valence-corrected chi connectivity index (χ3v) is 6.49. The van der Waals surface area contributed by atoms with Crippen molar-refractivity contribution in [3.8, 4) is 5.75 Å². The Morgan fingerprint density at radius 1 is 1.19 bits per heavy atom. The van der Waals surface area contributed by atoms with Crippen molar-refractivity contribution in [2.24, 2.45) is 0 Å². The molecule has 0 amide bonds. The van der Waals surface area contributed by atoms with Crippen LogP contribution in [0.3, 0.4) is 0 Å². The molecule has 0 saturated carbocycles. The summed E-state index contributed by atoms with van der Waals surface area (Å²) in [6.45, 7) is 6.79. The van der Waals surface area contributed by atoms with Crippen molar-refractivity contribution >= 4 is 14.0 Å². The van der Waals surface area contributed by atoms with Crippen LogP contribution in [0.2, 0.25) is 25.7 Å². The van der Waals surface area contributed by atoms with Crippen LogP contribution in [0.4, 0.5) is 13.2 Å². The van der Waals surface area contributed by atoms with Crippen molar-refractivity contribution in [2.75, 3.05) is 20.8 Å². The number of aromatic amines is 1. The predicted octanol–water partition coefficient (Wildman–Crippen LogP) is 4.96. The number of nitrogens with one attached hydrogen (secondary N) is 1. The zero-order valence-electron chi connectivity index (χ0n) is 18.2. The largest absolute Gasteiger partial charge is 0.496 e. The van der Waals surface area contributed by atoms with E-state index in [1.807, 2.05) is 0 Å². The van der Waals surface area contributed by atoms with Gasteiger partial charge in [-0.1, -0.05) is 25.7 Å². The first kappa shape index (κ1) is 25.0. The number of aromatic nitrogens is 1. The number of H-pyrrole nitrogens is 1. The molecule has 172 valence electrons. The van der Waals surface area contributed by atoms with Crippen molar-refractivity contribution in [1.29, 1.82) is 0 Å². The molecule has 6 nitrogen and oxygen atoms in total. The molecule has 0 aliphatic heterocycles. The number of hydrogen-bond donors (Lipinski definition) is 2. The molecule has 0 bridgehead atoms. The highest BCUT2D eigenvalue weighted by atomic mass is 28.3. The molecule has 2 N–H and O–H groups in total. The van der Waals surface area contributed by atoms with E-state index in [0.29, 0.717) is 6.61 Å². The summed E-state index contributed by atoms with van der Waals surface area (Å²) in [5.41, 5.74) is -0.340. The van der Waals surface area contributed by atoms with Gasteiger partial charge < -0.3 is 24.3 Å². The van der Waals surface area contributed by atoms with E-state index in [1.54, 1.807) is 0 Å². The first-order valence-electron chi connectivity index (χ1n) is 9.69. The van der Waals surface area contributed by atoms with E-state index in [1.165, 1.54) is 26.5 Å². The molecule has 1 aromatic carbocycles. The van der Waals surface area contributed by atoms with Gasteiger partial charge in [0.1, 0.15) is 18.0 Å². The normalized spacial score (nSPS) is 14.2. The number of rotatable bonds is 9. The van der Waals surface area contributed by atoms with Gasteiger partial charge in [-0.25, -0.2) is 4.79 Å². The molecule has 0 radical (unpaired) electrons. The molecular formula is C21H28F3NO5Si. The van der Waals surface area contributed by atoms with Crippen LogP contribution >= 0.6 is 0 Å². The van der Waals surface area contributed by atoms with E-state index in [9.17, 15) is 23.1 Å². The molecule has 2 atom stereocenters. The smallest absolute Gasteiger partial charge is 0.416 e. The minimum Gasteiger partial charge on any atom is -0.496 e. The summed E-state index contributed by atoms with van der Waals surface area (Å²) in [7, 11) is 0.986. The molecule has 31 heavy (non-hydrogen) atoms. The van der Waals surface area contributed by atoms with Crippen molar-refractivity contribution in [1.82, 2.24) is 4.98 Å². The van der Waals surface area contributed by atoms with Gasteiger partial charge in [0, 0.05) is 26.4 Å². The first-order chi connectivity index (χ1) is 14.4. The van der Waals surface area contributed by atoms with E-state index < -0.39 is 38.0 Å². The summed E-state index contributed by atoms with van der Waals surface area (Å²) in [5, 5.41) is 11.1. The lowest BCUT2D eigenvalue weighted by atomic mass is 9.97. The zero-order valence-corrected chi connectivity index (χ0v) is 19.2. The maximum atomic E-state index is 13.1. The fourth-order valence-corrected chi connectivity index (χ4v) is 3.76. The third kappa shape index (κ3) is 6.34. The summed E-state index contributed by atoms with van der Waals surface area (Å²) < 4.78 is 55.1. The number of carbonyl (C=O) groups is 1. The molecule has 0 aliphatic carbocycles. The fourth-order valence-electron chi connectivity index (χ4n) is 3.02. The molecule has 10 heteroatoms. The number of esters is 1. The number of carbonyl (C=O) groups excluding carboxylic acids is 1. The van der Waals surface area contributed by atoms with Crippen LogP contribution in [-0.2, 0) is 15.7 Å². The zero-order chi connectivity index (χ0) is 23.4. The Morgan fingerprint density at radius 2 is 1.87 bits per heavy atom. The molecule has 1 aromatic heterocycles. The second kappa shape index (κ2) is 9.88.